The van der Waals surface area contributed by atoms with Gasteiger partial charge in [-0.05, 0) is 42.3 Å². The van der Waals surface area contributed by atoms with Gasteiger partial charge in [0.05, 0.1) is 24.9 Å². The van der Waals surface area contributed by atoms with Gasteiger partial charge in [0.1, 0.15) is 0 Å². The number of urea groups is 1. The van der Waals surface area contributed by atoms with Gasteiger partial charge in [0.2, 0.25) is 11.8 Å². The number of nitrogens with one attached hydrogen (secondary N) is 2. The largest absolute Gasteiger partial charge is 0.461 e. The number of aromatic nitrogens is 6. The maximum absolute atomic E-state index is 12.8. The number of benzene rings is 1. The third-order valence-electron chi connectivity index (χ3n) is 5.27. The second-order valence-corrected chi connectivity index (χ2v) is 7.36. The standard InChI is InChI=1S/C21H18N8O3/c1-2-28-9-15-17(26-28)24-20(29-19(15)23-18(27-29)16-4-3-7-32-16)25-21(30)22-14-6-5-12-10-31-11-13(12)8-14/h3-9H,2,10-11H2,1H3,(H2,22,24,25,26,30). The number of anilines is 2. The first-order valence-electron chi connectivity index (χ1n) is 10.1. The highest BCUT2D eigenvalue weighted by Crippen LogP contribution is 2.25. The Bertz CT molecular complexity index is 1470. The van der Waals surface area contributed by atoms with E-state index < -0.39 is 6.03 Å². The molecule has 5 heterocycles. The number of furan rings is 1. The molecule has 0 saturated heterocycles. The first-order valence-corrected chi connectivity index (χ1v) is 10.1. The molecule has 0 radical (unpaired) electrons. The molecule has 0 aliphatic carbocycles. The number of amides is 2. The molecule has 160 valence electrons. The molecule has 11 nitrogen and oxygen atoms in total. The number of fused-ring (bicyclic) bond motifs is 4. The van der Waals surface area contributed by atoms with Crippen LogP contribution >= 0.6 is 0 Å². The molecule has 2 N–H and O–H groups in total. The van der Waals surface area contributed by atoms with Crippen LogP contribution in [0.1, 0.15) is 18.1 Å². The SMILES string of the molecule is CCn1cc2c(nc(NC(=O)Nc3ccc4c(c3)COC4)n3nc(-c4ccco4)nc23)n1. The summed E-state index contributed by atoms with van der Waals surface area (Å²) in [7, 11) is 0. The molecule has 0 bridgehead atoms. The Morgan fingerprint density at radius 2 is 2.03 bits per heavy atom. The Balaban J connectivity index is 1.38. The van der Waals surface area contributed by atoms with Crippen molar-refractivity contribution in [3.63, 3.8) is 0 Å². The molecule has 0 spiro atoms. The van der Waals surface area contributed by atoms with Crippen molar-refractivity contribution in [2.75, 3.05) is 10.6 Å². The number of rotatable bonds is 4. The van der Waals surface area contributed by atoms with Gasteiger partial charge in [-0.25, -0.2) is 9.78 Å². The number of hydrogen-bond acceptors (Lipinski definition) is 7. The topological polar surface area (TPSA) is 124 Å². The van der Waals surface area contributed by atoms with Crippen LogP contribution in [0.3, 0.4) is 0 Å². The molecule has 1 aliphatic heterocycles. The zero-order chi connectivity index (χ0) is 21.7. The predicted octanol–water partition coefficient (Wildman–Crippen LogP) is 3.43. The maximum atomic E-state index is 12.8. The van der Waals surface area contributed by atoms with E-state index in [0.717, 1.165) is 16.5 Å². The van der Waals surface area contributed by atoms with Gasteiger partial charge in [-0.1, -0.05) is 6.07 Å². The molecule has 0 atom stereocenters. The third-order valence-corrected chi connectivity index (χ3v) is 5.27. The molecule has 6 rings (SSSR count). The molecular formula is C21H18N8O3. The fraction of sp³-hybridized carbons (Fsp3) is 0.190. The van der Waals surface area contributed by atoms with Crippen LogP contribution in [0, 0.1) is 0 Å². The summed E-state index contributed by atoms with van der Waals surface area (Å²) in [6.45, 7) is 3.79. The summed E-state index contributed by atoms with van der Waals surface area (Å²) in [5.74, 6) is 1.09. The van der Waals surface area contributed by atoms with Crippen molar-refractivity contribution < 1.29 is 13.9 Å². The molecule has 4 aromatic heterocycles. The predicted molar refractivity (Wildman–Crippen MR) is 115 cm³/mol. The van der Waals surface area contributed by atoms with Gasteiger partial charge in [0, 0.05) is 18.4 Å². The lowest BCUT2D eigenvalue weighted by molar-refractivity contribution is 0.134. The van der Waals surface area contributed by atoms with Crippen LogP contribution in [-0.4, -0.2) is 35.4 Å². The van der Waals surface area contributed by atoms with Gasteiger partial charge in [0.25, 0.3) is 0 Å². The zero-order valence-corrected chi connectivity index (χ0v) is 17.1. The highest BCUT2D eigenvalue weighted by atomic mass is 16.5. The van der Waals surface area contributed by atoms with Crippen molar-refractivity contribution in [1.82, 2.24) is 29.4 Å². The minimum atomic E-state index is -0.456. The average Bonchev–Trinajstić information content (AvgIpc) is 3.58. The smallest absolute Gasteiger partial charge is 0.326 e. The van der Waals surface area contributed by atoms with Gasteiger partial charge >= 0.3 is 6.03 Å². The van der Waals surface area contributed by atoms with Crippen molar-refractivity contribution >= 4 is 34.3 Å². The Hall–Kier alpha value is -4.25. The van der Waals surface area contributed by atoms with Gasteiger partial charge in [0.15, 0.2) is 17.1 Å². The van der Waals surface area contributed by atoms with Gasteiger partial charge in [-0.3, -0.25) is 10.00 Å². The van der Waals surface area contributed by atoms with Gasteiger partial charge in [-0.2, -0.15) is 14.6 Å². The second kappa shape index (κ2) is 7.17. The summed E-state index contributed by atoms with van der Waals surface area (Å²) in [6.07, 6.45) is 3.41. The van der Waals surface area contributed by atoms with E-state index in [1.54, 1.807) is 23.1 Å². The zero-order valence-electron chi connectivity index (χ0n) is 17.1. The second-order valence-electron chi connectivity index (χ2n) is 7.36. The summed E-state index contributed by atoms with van der Waals surface area (Å²) in [4.78, 5) is 21.9. The normalized spacial score (nSPS) is 13.0. The lowest BCUT2D eigenvalue weighted by Crippen LogP contribution is -2.22. The molecule has 1 aromatic carbocycles. The number of nitrogens with zero attached hydrogens (tertiary/aromatic N) is 6. The van der Waals surface area contributed by atoms with E-state index in [1.165, 1.54) is 4.52 Å². The molecule has 0 fully saturated rings. The van der Waals surface area contributed by atoms with E-state index in [9.17, 15) is 4.79 Å². The first-order chi connectivity index (χ1) is 15.7. The number of carbonyl (C=O) groups excluding carboxylic acids is 1. The molecule has 11 heteroatoms. The van der Waals surface area contributed by atoms with Crippen molar-refractivity contribution in [3.05, 3.63) is 53.9 Å². The highest BCUT2D eigenvalue weighted by Gasteiger charge is 2.19. The fourth-order valence-corrected chi connectivity index (χ4v) is 3.70. The Kier molecular flexibility index (Phi) is 4.15. The molecular weight excluding hydrogens is 412 g/mol. The molecule has 5 aromatic rings. The number of hydrogen-bond donors (Lipinski definition) is 2. The van der Waals surface area contributed by atoms with Crippen molar-refractivity contribution in [3.8, 4) is 11.6 Å². The fourth-order valence-electron chi connectivity index (χ4n) is 3.70. The van der Waals surface area contributed by atoms with E-state index in [4.69, 9.17) is 9.15 Å². The maximum Gasteiger partial charge on any atom is 0.326 e. The number of ether oxygens (including phenoxy) is 1. The van der Waals surface area contributed by atoms with E-state index in [1.807, 2.05) is 31.3 Å². The van der Waals surface area contributed by atoms with Gasteiger partial charge in [-0.15, -0.1) is 5.10 Å². The van der Waals surface area contributed by atoms with Crippen LogP contribution in [0.2, 0.25) is 0 Å². The van der Waals surface area contributed by atoms with Crippen LogP contribution in [0.4, 0.5) is 16.4 Å². The summed E-state index contributed by atoms with van der Waals surface area (Å²) in [6, 6.07) is 8.77. The van der Waals surface area contributed by atoms with Crippen molar-refractivity contribution in [1.29, 1.82) is 0 Å². The summed E-state index contributed by atoms with van der Waals surface area (Å²) in [5.41, 5.74) is 3.83. The quantitative estimate of drug-likeness (QED) is 0.447. The monoisotopic (exact) mass is 430 g/mol. The van der Waals surface area contributed by atoms with Crippen molar-refractivity contribution in [2.24, 2.45) is 0 Å². The number of carbonyl (C=O) groups is 1. The van der Waals surface area contributed by atoms with E-state index in [0.29, 0.717) is 48.3 Å². The average molecular weight is 430 g/mol. The summed E-state index contributed by atoms with van der Waals surface area (Å²) in [5, 5.41) is 15.3. The molecule has 1 aliphatic rings. The molecule has 0 unspecified atom stereocenters. The van der Waals surface area contributed by atoms with Crippen LogP contribution in [0.25, 0.3) is 28.3 Å². The Morgan fingerprint density at radius 1 is 1.12 bits per heavy atom. The highest BCUT2D eigenvalue weighted by molar-refractivity contribution is 6.00. The number of aryl methyl sites for hydroxylation is 1. The Labute approximate surface area is 181 Å². The molecule has 32 heavy (non-hydrogen) atoms. The Morgan fingerprint density at radius 3 is 2.88 bits per heavy atom. The van der Waals surface area contributed by atoms with E-state index in [2.05, 4.69) is 30.8 Å². The minimum absolute atomic E-state index is 0.196. The minimum Gasteiger partial charge on any atom is -0.461 e. The lowest BCUT2D eigenvalue weighted by atomic mass is 10.1. The summed E-state index contributed by atoms with van der Waals surface area (Å²) >= 11 is 0. The van der Waals surface area contributed by atoms with Gasteiger partial charge < -0.3 is 14.5 Å². The van der Waals surface area contributed by atoms with E-state index >= 15 is 0 Å². The first kappa shape index (κ1) is 18.5. The van der Waals surface area contributed by atoms with Crippen LogP contribution < -0.4 is 10.6 Å². The van der Waals surface area contributed by atoms with Crippen molar-refractivity contribution in [2.45, 2.75) is 26.7 Å². The third kappa shape index (κ3) is 3.06. The molecule has 2 amide bonds. The van der Waals surface area contributed by atoms with Crippen LogP contribution in [0.5, 0.6) is 0 Å². The van der Waals surface area contributed by atoms with Crippen LogP contribution in [0.15, 0.2) is 47.2 Å². The lowest BCUT2D eigenvalue weighted by Gasteiger charge is -2.09. The van der Waals surface area contributed by atoms with Crippen LogP contribution in [-0.2, 0) is 24.5 Å². The van der Waals surface area contributed by atoms with E-state index in [-0.39, 0.29) is 5.95 Å². The summed E-state index contributed by atoms with van der Waals surface area (Å²) < 4.78 is 14.1. The molecule has 0 saturated carbocycles.